The summed E-state index contributed by atoms with van der Waals surface area (Å²) in [7, 11) is 0. The summed E-state index contributed by atoms with van der Waals surface area (Å²) in [6, 6.07) is 22.9. The van der Waals surface area contributed by atoms with E-state index in [0.29, 0.717) is 18.3 Å². The minimum absolute atomic E-state index is 0.0121. The van der Waals surface area contributed by atoms with Crippen LogP contribution in [0.4, 0.5) is 0 Å². The molecule has 2 aromatic heterocycles. The fourth-order valence-corrected chi connectivity index (χ4v) is 5.97. The first-order chi connectivity index (χ1) is 16.2. The third-order valence-electron chi connectivity index (χ3n) is 7.44. The van der Waals surface area contributed by atoms with Gasteiger partial charge in [-0.15, -0.1) is 0 Å². The minimum Gasteiger partial charge on any atom is -0.487 e. The third kappa shape index (κ3) is 3.55. The number of hydrogen-bond donors (Lipinski definition) is 1. The molecule has 2 aromatic carbocycles. The summed E-state index contributed by atoms with van der Waals surface area (Å²) in [6.07, 6.45) is 6.84. The number of aromatic amines is 1. The van der Waals surface area contributed by atoms with Crippen LogP contribution >= 0.6 is 0 Å². The Balaban J connectivity index is 1.29. The third-order valence-corrected chi connectivity index (χ3v) is 7.44. The Morgan fingerprint density at radius 2 is 1.79 bits per heavy atom. The van der Waals surface area contributed by atoms with E-state index in [0.717, 1.165) is 22.9 Å². The predicted molar refractivity (Wildman–Crippen MR) is 124 cm³/mol. The van der Waals surface area contributed by atoms with Crippen LogP contribution < -0.4 is 10.5 Å². The van der Waals surface area contributed by atoms with Crippen molar-refractivity contribution in [2.45, 2.75) is 37.7 Å². The Morgan fingerprint density at radius 1 is 1.00 bits per heavy atom. The molecule has 2 saturated carbocycles. The zero-order chi connectivity index (χ0) is 22.3. The number of aromatic nitrogens is 3. The zero-order valence-electron chi connectivity index (χ0n) is 18.2. The van der Waals surface area contributed by atoms with Gasteiger partial charge in [0.05, 0.1) is 5.69 Å². The van der Waals surface area contributed by atoms with E-state index in [1.807, 2.05) is 30.3 Å². The van der Waals surface area contributed by atoms with E-state index >= 15 is 0 Å². The lowest BCUT2D eigenvalue weighted by molar-refractivity contribution is 0.299. The van der Waals surface area contributed by atoms with E-state index in [1.54, 1.807) is 6.20 Å². The minimum atomic E-state index is -0.538. The Bertz CT molecular complexity index is 1290. The molecule has 6 rings (SSSR count). The van der Waals surface area contributed by atoms with Gasteiger partial charge in [-0.2, -0.15) is 0 Å². The molecule has 6 heteroatoms. The van der Waals surface area contributed by atoms with Gasteiger partial charge in [0.1, 0.15) is 12.4 Å². The van der Waals surface area contributed by atoms with Crippen molar-refractivity contribution in [3.05, 3.63) is 100 Å². The van der Waals surface area contributed by atoms with Gasteiger partial charge in [-0.05, 0) is 66.5 Å². The molecule has 0 radical (unpaired) electrons. The van der Waals surface area contributed by atoms with Gasteiger partial charge in [-0.25, -0.2) is 4.79 Å². The Morgan fingerprint density at radius 3 is 2.39 bits per heavy atom. The molecular formula is C27H25N3O3. The normalized spacial score (nSPS) is 23.6. The van der Waals surface area contributed by atoms with Gasteiger partial charge in [0.2, 0.25) is 0 Å². The summed E-state index contributed by atoms with van der Waals surface area (Å²) in [4.78, 5) is 18.3. The highest BCUT2D eigenvalue weighted by atomic mass is 16.5. The van der Waals surface area contributed by atoms with E-state index < -0.39 is 5.76 Å². The topological polar surface area (TPSA) is 81.0 Å². The van der Waals surface area contributed by atoms with Crippen molar-refractivity contribution in [2.75, 3.05) is 0 Å². The molecule has 6 nitrogen and oxygen atoms in total. The van der Waals surface area contributed by atoms with Gasteiger partial charge in [-0.3, -0.25) is 14.5 Å². The van der Waals surface area contributed by atoms with Crippen LogP contribution in [0.15, 0.2) is 82.2 Å². The van der Waals surface area contributed by atoms with Crippen LogP contribution in [-0.2, 0) is 12.0 Å². The lowest BCUT2D eigenvalue weighted by Gasteiger charge is -2.39. The second-order valence-corrected chi connectivity index (χ2v) is 9.21. The lowest BCUT2D eigenvalue weighted by atomic mass is 9.64. The summed E-state index contributed by atoms with van der Waals surface area (Å²) in [5.74, 6) is 2.20. The molecule has 0 spiro atoms. The van der Waals surface area contributed by atoms with E-state index in [4.69, 9.17) is 4.74 Å². The molecule has 0 amide bonds. The number of nitrogens with one attached hydrogen (secondary N) is 1. The first kappa shape index (κ1) is 20.0. The van der Waals surface area contributed by atoms with Gasteiger partial charge in [0.15, 0.2) is 5.82 Å². The molecule has 0 saturated heterocycles. The molecule has 1 N–H and O–H groups in total. The Kier molecular flexibility index (Phi) is 4.86. The highest BCUT2D eigenvalue weighted by Crippen LogP contribution is 2.60. The maximum atomic E-state index is 11.3. The molecule has 2 aliphatic rings. The van der Waals surface area contributed by atoms with E-state index in [1.165, 1.54) is 36.8 Å². The summed E-state index contributed by atoms with van der Waals surface area (Å²) < 4.78 is 10.6. The van der Waals surface area contributed by atoms with Gasteiger partial charge in [0, 0.05) is 17.2 Å². The molecule has 33 heavy (non-hydrogen) atoms. The highest BCUT2D eigenvalue weighted by molar-refractivity contribution is 5.56. The van der Waals surface area contributed by atoms with Gasteiger partial charge in [0.25, 0.3) is 0 Å². The predicted octanol–water partition coefficient (Wildman–Crippen LogP) is 5.11. The number of hydrogen-bond acceptors (Lipinski definition) is 5. The van der Waals surface area contributed by atoms with Crippen LogP contribution in [0, 0.1) is 11.8 Å². The first-order valence-corrected chi connectivity index (χ1v) is 11.5. The van der Waals surface area contributed by atoms with Crippen molar-refractivity contribution in [1.82, 2.24) is 15.1 Å². The van der Waals surface area contributed by atoms with Crippen molar-refractivity contribution < 1.29 is 9.26 Å². The number of fused-ring (bicyclic) bond motifs is 2. The number of pyridine rings is 1. The number of ether oxygens (including phenoxy) is 1. The molecule has 3 atom stereocenters. The van der Waals surface area contributed by atoms with Gasteiger partial charge in [-0.1, -0.05) is 54.0 Å². The van der Waals surface area contributed by atoms with Crippen LogP contribution in [0.3, 0.4) is 0 Å². The van der Waals surface area contributed by atoms with Crippen molar-refractivity contribution in [1.29, 1.82) is 0 Å². The standard InChI is InChI=1S/C27H25N3O3/c31-26-29-25(30-33-26)19-5-8-20(9-6-19)27(16-18-4-7-22(27)15-18)21-10-12-24(13-11-21)32-17-23-3-1-2-14-28-23/h1-3,5-6,8-14,18,22H,4,7,15-17H2,(H,29,30,31)/t18?,22-,27+/m1/s1. The Labute approximate surface area is 191 Å². The van der Waals surface area contributed by atoms with Crippen molar-refractivity contribution in [2.24, 2.45) is 11.8 Å². The SMILES string of the molecule is O=c1[nH]c(-c2ccc([C@]3(c4ccc(OCc5ccccn5)cc4)CC4CC[C@@H]3C4)cc2)no1. The average molecular weight is 440 g/mol. The molecule has 4 aromatic rings. The van der Waals surface area contributed by atoms with Gasteiger partial charge >= 0.3 is 5.76 Å². The maximum absolute atomic E-state index is 11.3. The molecule has 166 valence electrons. The highest BCUT2D eigenvalue weighted by Gasteiger charge is 2.52. The van der Waals surface area contributed by atoms with Crippen LogP contribution in [0.5, 0.6) is 5.75 Å². The number of nitrogens with zero attached hydrogens (tertiary/aromatic N) is 2. The molecule has 2 heterocycles. The summed E-state index contributed by atoms with van der Waals surface area (Å²) in [6.45, 7) is 0.460. The molecule has 1 unspecified atom stereocenters. The second kappa shape index (κ2) is 8.03. The summed E-state index contributed by atoms with van der Waals surface area (Å²) >= 11 is 0. The molecule has 2 fully saturated rings. The van der Waals surface area contributed by atoms with E-state index in [-0.39, 0.29) is 5.41 Å². The fourth-order valence-electron chi connectivity index (χ4n) is 5.97. The fraction of sp³-hybridized carbons (Fsp3) is 0.296. The van der Waals surface area contributed by atoms with E-state index in [2.05, 4.69) is 56.0 Å². The molecule has 0 aliphatic heterocycles. The molecular weight excluding hydrogens is 414 g/mol. The van der Waals surface area contributed by atoms with Crippen LogP contribution in [0.2, 0.25) is 0 Å². The summed E-state index contributed by atoms with van der Waals surface area (Å²) in [5, 5.41) is 3.81. The number of benzene rings is 2. The van der Waals surface area contributed by atoms with E-state index in [9.17, 15) is 4.79 Å². The van der Waals surface area contributed by atoms with Crippen molar-refractivity contribution in [3.8, 4) is 17.1 Å². The van der Waals surface area contributed by atoms with Gasteiger partial charge < -0.3 is 4.74 Å². The zero-order valence-corrected chi connectivity index (χ0v) is 18.2. The smallest absolute Gasteiger partial charge is 0.439 e. The monoisotopic (exact) mass is 439 g/mol. The first-order valence-electron chi connectivity index (χ1n) is 11.5. The lowest BCUT2D eigenvalue weighted by Crippen LogP contribution is -2.34. The summed E-state index contributed by atoms with van der Waals surface area (Å²) in [5.41, 5.74) is 4.45. The largest absolute Gasteiger partial charge is 0.487 e. The maximum Gasteiger partial charge on any atom is 0.439 e. The number of rotatable bonds is 6. The van der Waals surface area contributed by atoms with Crippen LogP contribution in [0.25, 0.3) is 11.4 Å². The van der Waals surface area contributed by atoms with Crippen molar-refractivity contribution >= 4 is 0 Å². The van der Waals surface area contributed by atoms with Crippen molar-refractivity contribution in [3.63, 3.8) is 0 Å². The van der Waals surface area contributed by atoms with Crippen LogP contribution in [-0.4, -0.2) is 15.1 Å². The number of H-pyrrole nitrogens is 1. The molecule has 2 aliphatic carbocycles. The second-order valence-electron chi connectivity index (χ2n) is 9.21. The Hall–Kier alpha value is -3.67. The van der Waals surface area contributed by atoms with Crippen LogP contribution in [0.1, 0.15) is 42.5 Å². The average Bonchev–Trinajstić information content (AvgIpc) is 3.61. The molecule has 2 bridgehead atoms. The quantitative estimate of drug-likeness (QED) is 0.452.